The summed E-state index contributed by atoms with van der Waals surface area (Å²) in [4.78, 5) is 14.5. The van der Waals surface area contributed by atoms with E-state index in [9.17, 15) is 13.6 Å². The monoisotopic (exact) mass is 330 g/mol. The molecule has 1 aliphatic rings. The maximum absolute atomic E-state index is 13.7. The van der Waals surface area contributed by atoms with E-state index in [2.05, 4.69) is 22.3 Å². The normalized spacial score (nSPS) is 19.2. The number of benzene rings is 2. The zero-order chi connectivity index (χ0) is 17.1. The number of carbonyl (C=O) groups is 1. The largest absolute Gasteiger partial charge is 0.322 e. The van der Waals surface area contributed by atoms with Gasteiger partial charge in [-0.25, -0.2) is 8.78 Å². The zero-order valence-electron chi connectivity index (χ0n) is 13.5. The van der Waals surface area contributed by atoms with Crippen LogP contribution in [-0.2, 0) is 4.79 Å². The van der Waals surface area contributed by atoms with Crippen molar-refractivity contribution in [2.24, 2.45) is 0 Å². The topological polar surface area (TPSA) is 32.3 Å². The minimum Gasteiger partial charge on any atom is -0.322 e. The van der Waals surface area contributed by atoms with Gasteiger partial charge < -0.3 is 5.32 Å². The minimum absolute atomic E-state index is 0.00653. The number of halogens is 2. The van der Waals surface area contributed by atoms with Gasteiger partial charge in [-0.15, -0.1) is 0 Å². The highest BCUT2D eigenvalue weighted by atomic mass is 19.1. The number of hydrogen-bond acceptors (Lipinski definition) is 2. The van der Waals surface area contributed by atoms with E-state index >= 15 is 0 Å². The molecule has 0 saturated carbocycles. The fraction of sp³-hybridized carbons (Fsp3) is 0.316. The second kappa shape index (κ2) is 7.09. The van der Waals surface area contributed by atoms with Crippen molar-refractivity contribution in [1.29, 1.82) is 0 Å². The fourth-order valence-corrected chi connectivity index (χ4v) is 3.13. The number of nitrogens with zero attached hydrogens (tertiary/aromatic N) is 1. The number of hydrogen-bond donors (Lipinski definition) is 1. The average molecular weight is 330 g/mol. The number of carbonyl (C=O) groups excluding carboxylic acids is 1. The summed E-state index contributed by atoms with van der Waals surface area (Å²) in [6, 6.07) is 13.0. The molecule has 0 radical (unpaired) electrons. The summed E-state index contributed by atoms with van der Waals surface area (Å²) in [5.74, 6) is -1.30. The first-order valence-corrected chi connectivity index (χ1v) is 8.09. The Morgan fingerprint density at radius 1 is 1.21 bits per heavy atom. The molecule has 0 bridgehead atoms. The van der Waals surface area contributed by atoms with Crippen molar-refractivity contribution in [3.8, 4) is 0 Å². The third-order valence-corrected chi connectivity index (χ3v) is 4.61. The fourth-order valence-electron chi connectivity index (χ4n) is 3.13. The van der Waals surface area contributed by atoms with Gasteiger partial charge in [0.05, 0.1) is 11.7 Å². The van der Waals surface area contributed by atoms with Gasteiger partial charge in [0, 0.05) is 12.6 Å². The second-order valence-electron chi connectivity index (χ2n) is 6.18. The van der Waals surface area contributed by atoms with Gasteiger partial charge in [0.25, 0.3) is 0 Å². The van der Waals surface area contributed by atoms with Gasteiger partial charge in [-0.1, -0.05) is 30.3 Å². The Hall–Kier alpha value is -2.27. The van der Waals surface area contributed by atoms with Crippen molar-refractivity contribution in [2.45, 2.75) is 25.3 Å². The molecule has 0 unspecified atom stereocenters. The number of anilines is 1. The molecule has 0 aromatic heterocycles. The maximum Gasteiger partial charge on any atom is 0.241 e. The Balaban J connectivity index is 1.62. The minimum atomic E-state index is -0.765. The highest BCUT2D eigenvalue weighted by Crippen LogP contribution is 2.28. The van der Waals surface area contributed by atoms with Crippen LogP contribution >= 0.6 is 0 Å². The molecule has 2 aromatic rings. The van der Waals surface area contributed by atoms with Gasteiger partial charge in [0.1, 0.15) is 11.6 Å². The van der Waals surface area contributed by atoms with Crippen LogP contribution in [0.4, 0.5) is 14.5 Å². The van der Waals surface area contributed by atoms with E-state index in [1.807, 2.05) is 25.1 Å². The zero-order valence-corrected chi connectivity index (χ0v) is 13.5. The first kappa shape index (κ1) is 16.6. The predicted octanol–water partition coefficient (Wildman–Crippen LogP) is 3.78. The van der Waals surface area contributed by atoms with E-state index in [1.54, 1.807) is 0 Å². The molecule has 126 valence electrons. The Bertz CT molecular complexity index is 721. The van der Waals surface area contributed by atoms with Crippen LogP contribution in [0.1, 0.15) is 24.8 Å². The second-order valence-corrected chi connectivity index (χ2v) is 6.18. The van der Waals surface area contributed by atoms with Crippen molar-refractivity contribution >= 4 is 11.6 Å². The van der Waals surface area contributed by atoms with Crippen LogP contribution < -0.4 is 5.32 Å². The van der Waals surface area contributed by atoms with Crippen LogP contribution in [0.15, 0.2) is 48.5 Å². The summed E-state index contributed by atoms with van der Waals surface area (Å²) in [6.45, 7) is 3.43. The Labute approximate surface area is 140 Å². The molecule has 0 spiro atoms. The number of nitrogens with one attached hydrogen (secondary N) is 1. The van der Waals surface area contributed by atoms with E-state index in [-0.39, 0.29) is 17.6 Å². The van der Waals surface area contributed by atoms with Gasteiger partial charge in [0.2, 0.25) is 5.91 Å². The standard InChI is InChI=1S/C19H20F2N2O/c1-13(19(24)22-18-8-7-16(20)11-17(18)21)23-10-9-15(12-23)14-5-3-2-4-6-14/h2-8,11,13,15H,9-10,12H2,1H3,(H,22,24)/t13-,15+/m1/s1. The summed E-state index contributed by atoms with van der Waals surface area (Å²) >= 11 is 0. The molecular formula is C19H20F2N2O. The van der Waals surface area contributed by atoms with Gasteiger partial charge in [0.15, 0.2) is 0 Å². The highest BCUT2D eigenvalue weighted by molar-refractivity contribution is 5.94. The molecule has 0 aliphatic carbocycles. The lowest BCUT2D eigenvalue weighted by Gasteiger charge is -2.23. The van der Waals surface area contributed by atoms with Crippen molar-refractivity contribution in [1.82, 2.24) is 4.90 Å². The van der Waals surface area contributed by atoms with Crippen molar-refractivity contribution in [2.75, 3.05) is 18.4 Å². The van der Waals surface area contributed by atoms with Crippen molar-refractivity contribution in [3.63, 3.8) is 0 Å². The molecule has 1 heterocycles. The summed E-state index contributed by atoms with van der Waals surface area (Å²) < 4.78 is 26.6. The molecule has 5 heteroatoms. The molecule has 1 N–H and O–H groups in total. The lowest BCUT2D eigenvalue weighted by atomic mass is 9.99. The van der Waals surface area contributed by atoms with Gasteiger partial charge in [-0.3, -0.25) is 9.69 Å². The van der Waals surface area contributed by atoms with E-state index < -0.39 is 11.6 Å². The smallest absolute Gasteiger partial charge is 0.241 e. The molecule has 24 heavy (non-hydrogen) atoms. The maximum atomic E-state index is 13.7. The van der Waals surface area contributed by atoms with Gasteiger partial charge in [-0.2, -0.15) is 0 Å². The first-order chi connectivity index (χ1) is 11.5. The van der Waals surface area contributed by atoms with Gasteiger partial charge in [-0.05, 0) is 43.5 Å². The Morgan fingerprint density at radius 2 is 1.96 bits per heavy atom. The molecule has 1 fully saturated rings. The van der Waals surface area contributed by atoms with Crippen LogP contribution in [0.25, 0.3) is 0 Å². The van der Waals surface area contributed by atoms with Crippen LogP contribution in [0, 0.1) is 11.6 Å². The van der Waals surface area contributed by atoms with Crippen LogP contribution in [0.3, 0.4) is 0 Å². The van der Waals surface area contributed by atoms with Gasteiger partial charge >= 0.3 is 0 Å². The number of amides is 1. The third kappa shape index (κ3) is 3.62. The van der Waals surface area contributed by atoms with Crippen molar-refractivity contribution in [3.05, 3.63) is 65.7 Å². The summed E-state index contributed by atoms with van der Waals surface area (Å²) in [6.07, 6.45) is 0.993. The summed E-state index contributed by atoms with van der Waals surface area (Å²) in [7, 11) is 0. The molecule has 2 atom stereocenters. The molecule has 1 amide bonds. The summed E-state index contributed by atoms with van der Waals surface area (Å²) in [5, 5.41) is 2.55. The number of likely N-dealkylation sites (tertiary alicyclic amines) is 1. The van der Waals surface area contributed by atoms with Crippen LogP contribution in [0.2, 0.25) is 0 Å². The molecule has 3 rings (SSSR count). The van der Waals surface area contributed by atoms with E-state index in [1.165, 1.54) is 11.6 Å². The van der Waals surface area contributed by atoms with Crippen molar-refractivity contribution < 1.29 is 13.6 Å². The quantitative estimate of drug-likeness (QED) is 0.925. The van der Waals surface area contributed by atoms with Crippen LogP contribution in [-0.4, -0.2) is 29.9 Å². The molecule has 3 nitrogen and oxygen atoms in total. The first-order valence-electron chi connectivity index (χ1n) is 8.09. The molecule has 2 aromatic carbocycles. The molecule has 1 aliphatic heterocycles. The lowest BCUT2D eigenvalue weighted by Crippen LogP contribution is -2.40. The third-order valence-electron chi connectivity index (χ3n) is 4.61. The molecule has 1 saturated heterocycles. The van der Waals surface area contributed by atoms with Crippen LogP contribution in [0.5, 0.6) is 0 Å². The van der Waals surface area contributed by atoms with E-state index in [0.717, 1.165) is 31.6 Å². The Morgan fingerprint density at radius 3 is 2.67 bits per heavy atom. The summed E-state index contributed by atoms with van der Waals surface area (Å²) in [5.41, 5.74) is 1.28. The highest BCUT2D eigenvalue weighted by Gasteiger charge is 2.30. The SMILES string of the molecule is C[C@H](C(=O)Nc1ccc(F)cc1F)N1CC[C@H](c2ccccc2)C1. The Kier molecular flexibility index (Phi) is 4.90. The van der Waals surface area contributed by atoms with E-state index in [0.29, 0.717) is 5.92 Å². The average Bonchev–Trinajstić information content (AvgIpc) is 3.07. The van der Waals surface area contributed by atoms with E-state index in [4.69, 9.17) is 0 Å². The molecular weight excluding hydrogens is 310 g/mol. The lowest BCUT2D eigenvalue weighted by molar-refractivity contribution is -0.120. The number of rotatable bonds is 4. The predicted molar refractivity (Wildman–Crippen MR) is 89.8 cm³/mol.